The molecule has 1 amide bonds. The van der Waals surface area contributed by atoms with E-state index in [0.29, 0.717) is 12.8 Å². The van der Waals surface area contributed by atoms with Crippen LogP contribution >= 0.6 is 0 Å². The molecule has 0 bridgehead atoms. The molecular weight excluding hydrogens is 368 g/mol. The first kappa shape index (κ1) is 19.4. The number of amides is 1. The molecule has 29 heavy (non-hydrogen) atoms. The van der Waals surface area contributed by atoms with Crippen molar-refractivity contribution in [1.82, 2.24) is 19.5 Å². The Labute approximate surface area is 169 Å². The van der Waals surface area contributed by atoms with Gasteiger partial charge in [-0.25, -0.2) is 9.50 Å². The van der Waals surface area contributed by atoms with Crippen LogP contribution in [0, 0.1) is 19.8 Å². The van der Waals surface area contributed by atoms with Crippen molar-refractivity contribution in [3.05, 3.63) is 41.2 Å². The lowest BCUT2D eigenvalue weighted by atomic mass is 10.1. The molecule has 1 atom stereocenters. The van der Waals surface area contributed by atoms with Crippen LogP contribution in [0.15, 0.2) is 24.3 Å². The number of fused-ring (bicyclic) bond motifs is 3. The van der Waals surface area contributed by atoms with Gasteiger partial charge in [0.15, 0.2) is 5.65 Å². The minimum absolute atomic E-state index is 0.0186. The van der Waals surface area contributed by atoms with E-state index in [1.54, 1.807) is 11.8 Å². The lowest BCUT2D eigenvalue weighted by Crippen LogP contribution is -2.38. The number of rotatable bonds is 7. The highest BCUT2D eigenvalue weighted by atomic mass is 16.4. The molecule has 1 fully saturated rings. The fourth-order valence-electron chi connectivity index (χ4n) is 3.93. The van der Waals surface area contributed by atoms with Gasteiger partial charge in [0.05, 0.1) is 11.4 Å². The van der Waals surface area contributed by atoms with Crippen molar-refractivity contribution in [3.63, 3.8) is 0 Å². The molecule has 0 saturated heterocycles. The summed E-state index contributed by atoms with van der Waals surface area (Å²) in [4.78, 5) is 30.6. The number of benzene rings is 1. The summed E-state index contributed by atoms with van der Waals surface area (Å²) in [5.41, 5.74) is 4.67. The summed E-state index contributed by atoms with van der Waals surface area (Å²) in [5, 5.41) is 14.9. The van der Waals surface area contributed by atoms with Gasteiger partial charge in [-0.3, -0.25) is 9.59 Å². The van der Waals surface area contributed by atoms with Crippen LogP contribution < -0.4 is 0 Å². The first-order valence-electron chi connectivity index (χ1n) is 10.1. The number of aryl methyl sites for hydroxylation is 2. The average molecular weight is 394 g/mol. The monoisotopic (exact) mass is 394 g/mol. The number of aromatic nitrogens is 3. The van der Waals surface area contributed by atoms with Crippen molar-refractivity contribution in [2.24, 2.45) is 5.92 Å². The van der Waals surface area contributed by atoms with Gasteiger partial charge in [0.1, 0.15) is 0 Å². The molecule has 1 aliphatic carbocycles. The van der Waals surface area contributed by atoms with Crippen molar-refractivity contribution >= 4 is 28.4 Å². The van der Waals surface area contributed by atoms with Crippen molar-refractivity contribution in [3.8, 4) is 0 Å². The van der Waals surface area contributed by atoms with Crippen LogP contribution in [0.1, 0.15) is 43.1 Å². The van der Waals surface area contributed by atoms with Crippen LogP contribution in [0.25, 0.3) is 16.6 Å². The first-order valence-corrected chi connectivity index (χ1v) is 10.1. The molecule has 1 aromatic carbocycles. The maximum atomic E-state index is 12.9. The smallest absolute Gasteiger partial charge is 0.308 e. The normalized spacial score (nSPS) is 15.0. The van der Waals surface area contributed by atoms with Crippen molar-refractivity contribution in [2.75, 3.05) is 6.54 Å². The number of carbonyl (C=O) groups is 2. The fourth-order valence-corrected chi connectivity index (χ4v) is 3.93. The third-order valence-corrected chi connectivity index (χ3v) is 5.81. The highest BCUT2D eigenvalue weighted by Crippen LogP contribution is 2.29. The Hall–Kier alpha value is -2.96. The van der Waals surface area contributed by atoms with E-state index in [0.717, 1.165) is 46.3 Å². The van der Waals surface area contributed by atoms with Gasteiger partial charge in [0.2, 0.25) is 5.91 Å². The molecule has 1 aliphatic rings. The molecule has 0 spiro atoms. The lowest BCUT2D eigenvalue weighted by molar-refractivity contribution is -0.143. The summed E-state index contributed by atoms with van der Waals surface area (Å²) in [6.45, 7) is 5.91. The zero-order valence-corrected chi connectivity index (χ0v) is 17.1. The van der Waals surface area contributed by atoms with E-state index in [4.69, 9.17) is 4.98 Å². The number of aliphatic carboxylic acids is 1. The summed E-state index contributed by atoms with van der Waals surface area (Å²) in [7, 11) is 0. The van der Waals surface area contributed by atoms with E-state index < -0.39 is 11.9 Å². The molecule has 3 aromatic rings. The number of carbonyl (C=O) groups excluding carboxylic acids is 1. The van der Waals surface area contributed by atoms with Crippen molar-refractivity contribution in [1.29, 1.82) is 0 Å². The highest BCUT2D eigenvalue weighted by Gasteiger charge is 2.34. The summed E-state index contributed by atoms with van der Waals surface area (Å²) in [5.74, 6) is -1.40. The Morgan fingerprint density at radius 3 is 2.69 bits per heavy atom. The Bertz CT molecular complexity index is 1100. The zero-order chi connectivity index (χ0) is 20.7. The summed E-state index contributed by atoms with van der Waals surface area (Å²) >= 11 is 0. The molecule has 7 heteroatoms. The van der Waals surface area contributed by atoms with E-state index in [-0.39, 0.29) is 18.5 Å². The molecule has 1 saturated carbocycles. The fraction of sp³-hybridized carbons (Fsp3) is 0.455. The Morgan fingerprint density at radius 1 is 1.28 bits per heavy atom. The maximum Gasteiger partial charge on any atom is 0.308 e. The standard InChI is InChI=1S/C22H26N4O3/c1-13(22(28)29)12-25(16-8-9-16)20(27)11-10-17-14(2)23-21-18-6-4-5-7-19(18)24-26(21)15(17)3/h4-7,13,16H,8-12H2,1-3H3,(H,28,29). The van der Waals surface area contributed by atoms with Gasteiger partial charge in [-0.05, 0) is 50.8 Å². The lowest BCUT2D eigenvalue weighted by Gasteiger charge is -2.24. The molecule has 0 radical (unpaired) electrons. The molecule has 1 unspecified atom stereocenters. The Morgan fingerprint density at radius 2 is 2.00 bits per heavy atom. The quantitative estimate of drug-likeness (QED) is 0.665. The van der Waals surface area contributed by atoms with Gasteiger partial charge < -0.3 is 10.0 Å². The third-order valence-electron chi connectivity index (χ3n) is 5.81. The molecule has 2 aromatic heterocycles. The van der Waals surface area contributed by atoms with Gasteiger partial charge in [-0.1, -0.05) is 19.1 Å². The highest BCUT2D eigenvalue weighted by molar-refractivity contribution is 5.92. The van der Waals surface area contributed by atoms with Gasteiger partial charge >= 0.3 is 5.97 Å². The van der Waals surface area contributed by atoms with E-state index in [2.05, 4.69) is 5.10 Å². The molecule has 4 rings (SSSR count). The van der Waals surface area contributed by atoms with E-state index >= 15 is 0 Å². The van der Waals surface area contributed by atoms with Crippen molar-refractivity contribution in [2.45, 2.75) is 52.5 Å². The third kappa shape index (κ3) is 3.69. The Kier molecular flexibility index (Phi) is 4.98. The summed E-state index contributed by atoms with van der Waals surface area (Å²) in [6, 6.07) is 8.13. The molecule has 7 nitrogen and oxygen atoms in total. The topological polar surface area (TPSA) is 87.8 Å². The Balaban J connectivity index is 1.56. The van der Waals surface area contributed by atoms with Gasteiger partial charge in [0, 0.05) is 35.8 Å². The number of carboxylic acids is 1. The van der Waals surface area contributed by atoms with Crippen LogP contribution in [-0.4, -0.2) is 49.1 Å². The van der Waals surface area contributed by atoms with Gasteiger partial charge in [0.25, 0.3) is 0 Å². The average Bonchev–Trinajstić information content (AvgIpc) is 3.46. The zero-order valence-electron chi connectivity index (χ0n) is 17.1. The molecule has 1 N–H and O–H groups in total. The van der Waals surface area contributed by atoms with E-state index in [1.807, 2.05) is 42.6 Å². The minimum Gasteiger partial charge on any atom is -0.481 e. The maximum absolute atomic E-state index is 12.9. The predicted octanol–water partition coefficient (Wildman–Crippen LogP) is 3.14. The van der Waals surface area contributed by atoms with Crippen LogP contribution in [0.5, 0.6) is 0 Å². The second-order valence-corrected chi connectivity index (χ2v) is 8.03. The van der Waals surface area contributed by atoms with Gasteiger partial charge in [-0.2, -0.15) is 5.10 Å². The van der Waals surface area contributed by atoms with Crippen LogP contribution in [-0.2, 0) is 16.0 Å². The predicted molar refractivity (Wildman–Crippen MR) is 110 cm³/mol. The second kappa shape index (κ2) is 7.46. The SMILES string of the molecule is Cc1nc2c3ccccc3nn2c(C)c1CCC(=O)N(CC(C)C(=O)O)C1CC1. The first-order chi connectivity index (χ1) is 13.9. The van der Waals surface area contributed by atoms with E-state index in [9.17, 15) is 14.7 Å². The molecule has 152 valence electrons. The number of nitrogens with zero attached hydrogens (tertiary/aromatic N) is 4. The number of hydrogen-bond acceptors (Lipinski definition) is 4. The summed E-state index contributed by atoms with van der Waals surface area (Å²) in [6.07, 6.45) is 2.84. The van der Waals surface area contributed by atoms with Crippen LogP contribution in [0.3, 0.4) is 0 Å². The molecule has 2 heterocycles. The van der Waals surface area contributed by atoms with Gasteiger partial charge in [-0.15, -0.1) is 0 Å². The molecule has 0 aliphatic heterocycles. The largest absolute Gasteiger partial charge is 0.481 e. The number of carboxylic acid groups (broad SMARTS) is 1. The van der Waals surface area contributed by atoms with Crippen LogP contribution in [0.4, 0.5) is 0 Å². The second-order valence-electron chi connectivity index (χ2n) is 8.03. The van der Waals surface area contributed by atoms with E-state index in [1.165, 1.54) is 0 Å². The minimum atomic E-state index is -0.865. The van der Waals surface area contributed by atoms with Crippen molar-refractivity contribution < 1.29 is 14.7 Å². The molecular formula is C22H26N4O3. The van der Waals surface area contributed by atoms with Crippen LogP contribution in [0.2, 0.25) is 0 Å². The summed E-state index contributed by atoms with van der Waals surface area (Å²) < 4.78 is 1.86. The number of hydrogen-bond donors (Lipinski definition) is 1.